The molecule has 3 heterocycles. The van der Waals surface area contributed by atoms with Crippen LogP contribution >= 0.6 is 0 Å². The lowest BCUT2D eigenvalue weighted by atomic mass is 9.96. The van der Waals surface area contributed by atoms with E-state index in [9.17, 15) is 20.0 Å². The van der Waals surface area contributed by atoms with E-state index in [0.29, 0.717) is 24.2 Å². The van der Waals surface area contributed by atoms with Gasteiger partial charge in [-0.3, -0.25) is 14.9 Å². The van der Waals surface area contributed by atoms with Crippen LogP contribution in [-0.2, 0) is 6.42 Å². The highest BCUT2D eigenvalue weighted by Gasteiger charge is 2.42. The third-order valence-electron chi connectivity index (χ3n) is 5.51. The molecule has 2 aliphatic heterocycles. The fourth-order valence-corrected chi connectivity index (χ4v) is 4.27. The van der Waals surface area contributed by atoms with Gasteiger partial charge < -0.3 is 19.9 Å². The molecule has 0 saturated carbocycles. The van der Waals surface area contributed by atoms with Gasteiger partial charge in [0, 0.05) is 36.6 Å². The van der Waals surface area contributed by atoms with Gasteiger partial charge in [-0.1, -0.05) is 0 Å². The Balaban J connectivity index is 1.69. The van der Waals surface area contributed by atoms with Crippen LogP contribution in [0.2, 0.25) is 0 Å². The molecule has 2 aromatic carbocycles. The highest BCUT2D eigenvalue weighted by atomic mass is 16.6. The zero-order valence-electron chi connectivity index (χ0n) is 14.5. The largest absolute Gasteiger partial charge is 0.508 e. The highest BCUT2D eigenvalue weighted by molar-refractivity contribution is 6.03. The number of hydrogen-bond donors (Lipinski definition) is 2. The zero-order chi connectivity index (χ0) is 18.9. The number of aromatic amines is 1. The summed E-state index contributed by atoms with van der Waals surface area (Å²) in [6, 6.07) is 9.60. The van der Waals surface area contributed by atoms with E-state index in [2.05, 4.69) is 4.98 Å². The molecule has 1 aromatic heterocycles. The molecular formula is C19H16N4O4. The van der Waals surface area contributed by atoms with Crippen molar-refractivity contribution in [3.63, 3.8) is 0 Å². The van der Waals surface area contributed by atoms with E-state index >= 15 is 0 Å². The van der Waals surface area contributed by atoms with Gasteiger partial charge >= 0.3 is 0 Å². The summed E-state index contributed by atoms with van der Waals surface area (Å²) in [7, 11) is 1.88. The number of carbonyl (C=O) groups excluding carboxylic acids is 1. The van der Waals surface area contributed by atoms with Crippen LogP contribution in [0.1, 0.15) is 27.8 Å². The first-order valence-corrected chi connectivity index (χ1v) is 8.61. The number of anilines is 1. The van der Waals surface area contributed by atoms with Gasteiger partial charge in [-0.25, -0.2) is 0 Å². The number of H-pyrrole nitrogens is 1. The Hall–Kier alpha value is -3.55. The predicted octanol–water partition coefficient (Wildman–Crippen LogP) is 2.93. The fraction of sp³-hybridized carbons (Fsp3) is 0.211. The van der Waals surface area contributed by atoms with Crippen LogP contribution in [-0.4, -0.2) is 39.4 Å². The molecule has 136 valence electrons. The average molecular weight is 364 g/mol. The van der Waals surface area contributed by atoms with E-state index in [-0.39, 0.29) is 23.5 Å². The summed E-state index contributed by atoms with van der Waals surface area (Å²) in [6.45, 7) is 0.506. The van der Waals surface area contributed by atoms with Crippen LogP contribution in [0.15, 0.2) is 36.4 Å². The lowest BCUT2D eigenvalue weighted by Gasteiger charge is -2.46. The minimum atomic E-state index is -0.488. The van der Waals surface area contributed by atoms with Gasteiger partial charge in [-0.05, 0) is 36.2 Å². The molecule has 8 heteroatoms. The third-order valence-corrected chi connectivity index (χ3v) is 5.51. The van der Waals surface area contributed by atoms with Gasteiger partial charge in [0.1, 0.15) is 11.9 Å². The molecule has 0 saturated heterocycles. The van der Waals surface area contributed by atoms with Crippen LogP contribution in [0.5, 0.6) is 5.75 Å². The SMILES string of the molecule is CN1c2ccc([N+](=O)[O-])cc2C(=O)N2CCc3c([nH]c4ccc(O)cc34)C21. The Labute approximate surface area is 153 Å². The number of nitrogens with one attached hydrogen (secondary N) is 1. The smallest absolute Gasteiger partial charge is 0.270 e. The molecule has 0 radical (unpaired) electrons. The maximum Gasteiger partial charge on any atom is 0.270 e. The molecule has 3 aromatic rings. The molecule has 2 aliphatic rings. The summed E-state index contributed by atoms with van der Waals surface area (Å²) in [5, 5.41) is 21.9. The van der Waals surface area contributed by atoms with Crippen molar-refractivity contribution in [1.29, 1.82) is 0 Å². The molecule has 0 aliphatic carbocycles. The maximum absolute atomic E-state index is 13.1. The van der Waals surface area contributed by atoms with E-state index in [0.717, 1.165) is 22.2 Å². The number of nitro benzene ring substituents is 1. The Bertz CT molecular complexity index is 1140. The van der Waals surface area contributed by atoms with Gasteiger partial charge in [0.25, 0.3) is 11.6 Å². The van der Waals surface area contributed by atoms with Crippen molar-refractivity contribution in [1.82, 2.24) is 9.88 Å². The molecule has 5 rings (SSSR count). The summed E-state index contributed by atoms with van der Waals surface area (Å²) in [6.07, 6.45) is 0.337. The Kier molecular flexibility index (Phi) is 3.04. The quantitative estimate of drug-likeness (QED) is 0.510. The highest BCUT2D eigenvalue weighted by Crippen LogP contribution is 2.43. The summed E-state index contributed by atoms with van der Waals surface area (Å²) in [5.41, 5.74) is 3.85. The van der Waals surface area contributed by atoms with Crippen molar-refractivity contribution in [2.75, 3.05) is 18.5 Å². The first-order chi connectivity index (χ1) is 13.0. The number of phenolic OH excluding ortho intramolecular Hbond substituents is 1. The van der Waals surface area contributed by atoms with Crippen molar-refractivity contribution in [3.8, 4) is 5.75 Å². The van der Waals surface area contributed by atoms with Gasteiger partial charge in [0.15, 0.2) is 0 Å². The van der Waals surface area contributed by atoms with E-state index in [4.69, 9.17) is 0 Å². The number of amides is 1. The third kappa shape index (κ3) is 2.06. The second-order valence-electron chi connectivity index (χ2n) is 6.94. The first kappa shape index (κ1) is 15.7. The number of aromatic hydroxyl groups is 1. The number of non-ortho nitro benzene ring substituents is 1. The van der Waals surface area contributed by atoms with E-state index in [1.54, 1.807) is 23.1 Å². The number of aromatic nitrogens is 1. The Morgan fingerprint density at radius 2 is 2.07 bits per heavy atom. The predicted molar refractivity (Wildman–Crippen MR) is 98.9 cm³/mol. The molecule has 1 atom stereocenters. The molecule has 1 unspecified atom stereocenters. The van der Waals surface area contributed by atoms with E-state index < -0.39 is 4.92 Å². The second-order valence-corrected chi connectivity index (χ2v) is 6.94. The van der Waals surface area contributed by atoms with Crippen molar-refractivity contribution < 1.29 is 14.8 Å². The standard InChI is InChI=1S/C19H16N4O4/c1-21-16-5-2-10(23(26)27)8-14(16)19(25)22-7-6-12-13-9-11(24)3-4-15(13)20-17(12)18(21)22/h2-5,8-9,18,20,24H,6-7H2,1H3. The fourth-order valence-electron chi connectivity index (χ4n) is 4.27. The van der Waals surface area contributed by atoms with Crippen LogP contribution in [0.4, 0.5) is 11.4 Å². The number of nitrogens with zero attached hydrogens (tertiary/aromatic N) is 3. The number of benzene rings is 2. The van der Waals surface area contributed by atoms with Crippen LogP contribution in [0.3, 0.4) is 0 Å². The molecular weight excluding hydrogens is 348 g/mol. The number of hydrogen-bond acceptors (Lipinski definition) is 5. The lowest BCUT2D eigenvalue weighted by molar-refractivity contribution is -0.384. The summed E-state index contributed by atoms with van der Waals surface area (Å²) in [4.78, 5) is 30.8. The zero-order valence-corrected chi connectivity index (χ0v) is 14.5. The van der Waals surface area contributed by atoms with Crippen LogP contribution < -0.4 is 4.90 Å². The van der Waals surface area contributed by atoms with Gasteiger partial charge in [-0.15, -0.1) is 0 Å². The van der Waals surface area contributed by atoms with Crippen molar-refractivity contribution in [2.45, 2.75) is 12.6 Å². The van der Waals surface area contributed by atoms with Crippen molar-refractivity contribution in [3.05, 3.63) is 63.3 Å². The van der Waals surface area contributed by atoms with Gasteiger partial charge in [0.05, 0.1) is 21.9 Å². The summed E-state index contributed by atoms with van der Waals surface area (Å²) >= 11 is 0. The molecule has 0 fully saturated rings. The number of rotatable bonds is 1. The molecule has 2 N–H and O–H groups in total. The van der Waals surface area contributed by atoms with Gasteiger partial charge in [-0.2, -0.15) is 0 Å². The van der Waals surface area contributed by atoms with E-state index in [1.807, 2.05) is 18.0 Å². The van der Waals surface area contributed by atoms with Gasteiger partial charge in [0.2, 0.25) is 0 Å². The minimum Gasteiger partial charge on any atom is -0.508 e. The monoisotopic (exact) mass is 364 g/mol. The number of carbonyl (C=O) groups is 1. The summed E-state index contributed by atoms with van der Waals surface area (Å²) in [5.74, 6) is 0.00131. The number of phenols is 1. The molecule has 8 nitrogen and oxygen atoms in total. The molecule has 27 heavy (non-hydrogen) atoms. The topological polar surface area (TPSA) is 103 Å². The second kappa shape index (κ2) is 5.23. The number of nitro groups is 1. The first-order valence-electron chi connectivity index (χ1n) is 8.61. The molecule has 0 bridgehead atoms. The van der Waals surface area contributed by atoms with Crippen LogP contribution in [0, 0.1) is 10.1 Å². The Morgan fingerprint density at radius 3 is 2.85 bits per heavy atom. The average Bonchev–Trinajstić information content (AvgIpc) is 3.03. The van der Waals surface area contributed by atoms with Crippen LogP contribution in [0.25, 0.3) is 10.9 Å². The molecule has 0 spiro atoms. The summed E-state index contributed by atoms with van der Waals surface area (Å²) < 4.78 is 0. The van der Waals surface area contributed by atoms with Crippen molar-refractivity contribution >= 4 is 28.2 Å². The normalized spacial score (nSPS) is 18.3. The number of fused-ring (bicyclic) bond motifs is 6. The molecule has 1 amide bonds. The Morgan fingerprint density at radius 1 is 1.26 bits per heavy atom. The minimum absolute atomic E-state index is 0.0901. The maximum atomic E-state index is 13.1. The van der Waals surface area contributed by atoms with E-state index in [1.165, 1.54) is 12.1 Å². The lowest BCUT2D eigenvalue weighted by Crippen LogP contribution is -2.51. The van der Waals surface area contributed by atoms with Crippen molar-refractivity contribution in [2.24, 2.45) is 0 Å².